The maximum absolute atomic E-state index is 12.3. The molecule has 0 amide bonds. The van der Waals surface area contributed by atoms with Crippen molar-refractivity contribution in [3.8, 4) is 0 Å². The predicted octanol–water partition coefficient (Wildman–Crippen LogP) is 4.34. The second kappa shape index (κ2) is 6.10. The van der Waals surface area contributed by atoms with Gasteiger partial charge in [-0.15, -0.1) is 12.6 Å². The van der Waals surface area contributed by atoms with Gasteiger partial charge in [-0.25, -0.2) is 4.98 Å². The number of ketones is 1. The normalized spacial score (nSPS) is 10.7. The van der Waals surface area contributed by atoms with Crippen LogP contribution >= 0.6 is 12.6 Å². The van der Waals surface area contributed by atoms with Crippen molar-refractivity contribution in [3.05, 3.63) is 71.9 Å². The average Bonchev–Trinajstić information content (AvgIpc) is 2.54. The molecule has 2 nitrogen and oxygen atoms in total. The molecule has 0 saturated heterocycles. The van der Waals surface area contributed by atoms with Crippen LogP contribution in [-0.4, -0.2) is 10.8 Å². The summed E-state index contributed by atoms with van der Waals surface area (Å²) >= 11 is 4.40. The highest BCUT2D eigenvalue weighted by Gasteiger charge is 2.09. The number of nitrogens with zero attached hydrogens (tertiary/aromatic N) is 1. The Morgan fingerprint density at radius 1 is 0.952 bits per heavy atom. The van der Waals surface area contributed by atoms with Gasteiger partial charge in [-0.2, -0.15) is 0 Å². The predicted molar refractivity (Wildman–Crippen MR) is 88.1 cm³/mol. The van der Waals surface area contributed by atoms with Gasteiger partial charge in [-0.05, 0) is 24.1 Å². The lowest BCUT2D eigenvalue weighted by molar-refractivity contribution is 0.0978. The first-order valence-corrected chi connectivity index (χ1v) is 7.34. The third-order valence-corrected chi connectivity index (χ3v) is 3.83. The lowest BCUT2D eigenvalue weighted by atomic mass is 10.1. The summed E-state index contributed by atoms with van der Waals surface area (Å²) in [6, 6.07) is 19.5. The largest absolute Gasteiger partial charge is 0.292 e. The van der Waals surface area contributed by atoms with Crippen LogP contribution in [-0.2, 0) is 6.42 Å². The van der Waals surface area contributed by atoms with Crippen molar-refractivity contribution in [2.75, 3.05) is 0 Å². The fourth-order valence-corrected chi connectivity index (χ4v) is 2.58. The van der Waals surface area contributed by atoms with Crippen LogP contribution in [0.1, 0.15) is 22.5 Å². The molecule has 3 aromatic rings. The minimum absolute atomic E-state index is 0.0670. The first kappa shape index (κ1) is 13.8. The molecule has 0 aliphatic heterocycles. The van der Waals surface area contributed by atoms with Crippen LogP contribution in [0.5, 0.6) is 0 Å². The lowest BCUT2D eigenvalue weighted by Gasteiger charge is -2.04. The Hall–Kier alpha value is -2.13. The van der Waals surface area contributed by atoms with E-state index in [0.717, 1.165) is 22.2 Å². The van der Waals surface area contributed by atoms with E-state index in [2.05, 4.69) is 17.6 Å². The number of hydrogen-bond acceptors (Lipinski definition) is 3. The minimum atomic E-state index is 0.0670. The molecule has 0 spiro atoms. The first-order chi connectivity index (χ1) is 10.2. The Labute approximate surface area is 129 Å². The summed E-state index contributed by atoms with van der Waals surface area (Å²) in [5.74, 6) is 0.0670. The maximum Gasteiger partial charge on any atom is 0.181 e. The molecule has 0 fully saturated rings. The summed E-state index contributed by atoms with van der Waals surface area (Å²) in [5, 5.41) is 1.00. The van der Waals surface area contributed by atoms with E-state index in [4.69, 9.17) is 0 Å². The molecule has 0 unspecified atom stereocenters. The molecule has 0 bridgehead atoms. The fourth-order valence-electron chi connectivity index (χ4n) is 2.32. The van der Waals surface area contributed by atoms with Gasteiger partial charge in [0.2, 0.25) is 0 Å². The number of hydrogen-bond donors (Lipinski definition) is 1. The van der Waals surface area contributed by atoms with E-state index >= 15 is 0 Å². The number of carbonyl (C=O) groups excluding carboxylic acids is 1. The van der Waals surface area contributed by atoms with E-state index in [1.165, 1.54) is 5.56 Å². The van der Waals surface area contributed by atoms with Crippen molar-refractivity contribution in [2.45, 2.75) is 17.7 Å². The molecule has 0 N–H and O–H groups in total. The first-order valence-electron chi connectivity index (χ1n) is 6.90. The van der Waals surface area contributed by atoms with Crippen molar-refractivity contribution >= 4 is 29.3 Å². The van der Waals surface area contributed by atoms with Crippen LogP contribution in [0.3, 0.4) is 0 Å². The van der Waals surface area contributed by atoms with E-state index in [-0.39, 0.29) is 5.78 Å². The highest BCUT2D eigenvalue weighted by molar-refractivity contribution is 7.80. The van der Waals surface area contributed by atoms with Crippen molar-refractivity contribution in [1.82, 2.24) is 4.98 Å². The number of aromatic nitrogens is 1. The number of thiol groups is 1. The highest BCUT2D eigenvalue weighted by atomic mass is 32.1. The Morgan fingerprint density at radius 2 is 1.76 bits per heavy atom. The fraction of sp³-hybridized carbons (Fsp3) is 0.111. The van der Waals surface area contributed by atoms with Gasteiger partial charge in [0.1, 0.15) is 5.69 Å². The van der Waals surface area contributed by atoms with E-state index in [1.807, 2.05) is 54.6 Å². The second-order valence-electron chi connectivity index (χ2n) is 4.95. The quantitative estimate of drug-likeness (QED) is 0.573. The molecule has 0 aliphatic carbocycles. The van der Waals surface area contributed by atoms with Crippen molar-refractivity contribution < 1.29 is 4.79 Å². The number of rotatable bonds is 4. The molecule has 0 aliphatic rings. The van der Waals surface area contributed by atoms with Gasteiger partial charge in [0.15, 0.2) is 5.78 Å². The zero-order valence-electron chi connectivity index (χ0n) is 11.5. The number of para-hydroxylation sites is 1. The molecule has 3 heteroatoms. The molecule has 0 saturated carbocycles. The zero-order valence-corrected chi connectivity index (χ0v) is 12.4. The third kappa shape index (κ3) is 3.14. The smallest absolute Gasteiger partial charge is 0.181 e. The summed E-state index contributed by atoms with van der Waals surface area (Å²) in [5.41, 5.74) is 2.47. The van der Waals surface area contributed by atoms with Crippen LogP contribution in [0.4, 0.5) is 0 Å². The Morgan fingerprint density at radius 3 is 2.57 bits per heavy atom. The van der Waals surface area contributed by atoms with E-state index in [9.17, 15) is 4.79 Å². The Bertz CT molecular complexity index is 784. The van der Waals surface area contributed by atoms with Crippen LogP contribution in [0.15, 0.2) is 65.6 Å². The van der Waals surface area contributed by atoms with Gasteiger partial charge in [0, 0.05) is 16.7 Å². The van der Waals surface area contributed by atoms with Gasteiger partial charge in [-0.1, -0.05) is 48.5 Å². The van der Waals surface area contributed by atoms with Crippen LogP contribution < -0.4 is 0 Å². The summed E-state index contributed by atoms with van der Waals surface area (Å²) in [4.78, 5) is 17.5. The molecule has 0 radical (unpaired) electrons. The number of aryl methyl sites for hydroxylation is 1. The van der Waals surface area contributed by atoms with E-state index in [0.29, 0.717) is 12.1 Å². The molecular formula is C18H15NOS. The van der Waals surface area contributed by atoms with Crippen LogP contribution in [0.25, 0.3) is 10.9 Å². The maximum atomic E-state index is 12.3. The number of benzene rings is 2. The Balaban J connectivity index is 1.80. The van der Waals surface area contributed by atoms with Gasteiger partial charge in [-0.3, -0.25) is 4.79 Å². The molecule has 1 heterocycles. The summed E-state index contributed by atoms with van der Waals surface area (Å²) in [6.07, 6.45) is 1.21. The molecule has 104 valence electrons. The third-order valence-electron chi connectivity index (χ3n) is 3.47. The minimum Gasteiger partial charge on any atom is -0.292 e. The number of Topliss-reactive ketones (excluding diaryl/α,β-unsaturated/α-hetero) is 1. The number of pyridine rings is 1. The topological polar surface area (TPSA) is 30.0 Å². The van der Waals surface area contributed by atoms with Gasteiger partial charge < -0.3 is 0 Å². The average molecular weight is 293 g/mol. The van der Waals surface area contributed by atoms with Gasteiger partial charge in [0.05, 0.1) is 5.52 Å². The SMILES string of the molecule is O=C(CCc1ccccc1)c1ccc2cccc(S)c2n1. The monoisotopic (exact) mass is 293 g/mol. The number of fused-ring (bicyclic) bond motifs is 1. The zero-order chi connectivity index (χ0) is 14.7. The summed E-state index contributed by atoms with van der Waals surface area (Å²) < 4.78 is 0. The highest BCUT2D eigenvalue weighted by Crippen LogP contribution is 2.20. The molecule has 2 aromatic carbocycles. The van der Waals surface area contributed by atoms with E-state index in [1.54, 1.807) is 6.07 Å². The van der Waals surface area contributed by atoms with Gasteiger partial charge >= 0.3 is 0 Å². The summed E-state index contributed by atoms with van der Waals surface area (Å²) in [6.45, 7) is 0. The molecule has 21 heavy (non-hydrogen) atoms. The molecule has 1 aromatic heterocycles. The molecular weight excluding hydrogens is 278 g/mol. The van der Waals surface area contributed by atoms with E-state index < -0.39 is 0 Å². The number of carbonyl (C=O) groups is 1. The standard InChI is InChI=1S/C18H15NOS/c20-16(12-9-13-5-2-1-3-6-13)15-11-10-14-7-4-8-17(21)18(14)19-15/h1-8,10-11,21H,9,12H2. The summed E-state index contributed by atoms with van der Waals surface area (Å²) in [7, 11) is 0. The van der Waals surface area contributed by atoms with Crippen LogP contribution in [0, 0.1) is 0 Å². The molecule has 0 atom stereocenters. The molecule has 3 rings (SSSR count). The van der Waals surface area contributed by atoms with Crippen molar-refractivity contribution in [3.63, 3.8) is 0 Å². The second-order valence-corrected chi connectivity index (χ2v) is 5.44. The van der Waals surface area contributed by atoms with Crippen molar-refractivity contribution in [1.29, 1.82) is 0 Å². The van der Waals surface area contributed by atoms with Crippen LogP contribution in [0.2, 0.25) is 0 Å². The lowest BCUT2D eigenvalue weighted by Crippen LogP contribution is -2.04. The Kier molecular flexibility index (Phi) is 4.02. The van der Waals surface area contributed by atoms with Gasteiger partial charge in [0.25, 0.3) is 0 Å². The van der Waals surface area contributed by atoms with Crippen molar-refractivity contribution in [2.24, 2.45) is 0 Å².